The van der Waals surface area contributed by atoms with E-state index in [0.29, 0.717) is 5.69 Å². The number of rotatable bonds is 4. The first-order valence-corrected chi connectivity index (χ1v) is 7.97. The summed E-state index contributed by atoms with van der Waals surface area (Å²) >= 11 is 5.87. The molecular formula is C14H13ClFNO3S. The van der Waals surface area contributed by atoms with Gasteiger partial charge in [-0.15, -0.1) is 0 Å². The maximum atomic E-state index is 13.7. The van der Waals surface area contributed by atoms with Gasteiger partial charge >= 0.3 is 0 Å². The van der Waals surface area contributed by atoms with E-state index in [2.05, 4.69) is 0 Å². The van der Waals surface area contributed by atoms with Crippen LogP contribution in [0.1, 0.15) is 5.56 Å². The summed E-state index contributed by atoms with van der Waals surface area (Å²) in [5.41, 5.74) is 5.89. The van der Waals surface area contributed by atoms with Crippen LogP contribution in [0.3, 0.4) is 0 Å². The fourth-order valence-electron chi connectivity index (χ4n) is 1.88. The van der Waals surface area contributed by atoms with E-state index in [9.17, 15) is 12.8 Å². The van der Waals surface area contributed by atoms with Crippen LogP contribution in [0.2, 0.25) is 5.02 Å². The standard InChI is InChI=1S/C14H13ClFNO3S/c1-20-13-7-9(17)5-6-14(13)21(18,19)8-10-11(15)3-2-4-12(10)16/h2-7H,8,17H2,1H3. The summed E-state index contributed by atoms with van der Waals surface area (Å²) in [5.74, 6) is -1.11. The van der Waals surface area contributed by atoms with E-state index < -0.39 is 21.4 Å². The van der Waals surface area contributed by atoms with Gasteiger partial charge in [-0.3, -0.25) is 0 Å². The third-order valence-electron chi connectivity index (χ3n) is 2.92. The van der Waals surface area contributed by atoms with Crippen molar-refractivity contribution in [2.45, 2.75) is 10.6 Å². The molecule has 0 saturated carbocycles. The fourth-order valence-corrected chi connectivity index (χ4v) is 3.74. The Kier molecular flexibility index (Phi) is 4.39. The highest BCUT2D eigenvalue weighted by atomic mass is 35.5. The Morgan fingerprint density at radius 2 is 2.00 bits per heavy atom. The maximum Gasteiger partial charge on any atom is 0.186 e. The van der Waals surface area contributed by atoms with Crippen molar-refractivity contribution in [3.05, 3.63) is 52.8 Å². The van der Waals surface area contributed by atoms with Gasteiger partial charge in [0.05, 0.1) is 12.9 Å². The molecule has 0 unspecified atom stereocenters. The van der Waals surface area contributed by atoms with Crippen LogP contribution in [0.25, 0.3) is 0 Å². The predicted octanol–water partition coefficient (Wildman–Crippen LogP) is 3.04. The van der Waals surface area contributed by atoms with Crippen molar-refractivity contribution in [3.63, 3.8) is 0 Å². The quantitative estimate of drug-likeness (QED) is 0.875. The monoisotopic (exact) mass is 329 g/mol. The summed E-state index contributed by atoms with van der Waals surface area (Å²) in [4.78, 5) is -0.0569. The van der Waals surface area contributed by atoms with Gasteiger partial charge in [0.25, 0.3) is 0 Å². The van der Waals surface area contributed by atoms with Gasteiger partial charge in [-0.25, -0.2) is 12.8 Å². The zero-order valence-electron chi connectivity index (χ0n) is 11.1. The molecule has 0 radical (unpaired) electrons. The van der Waals surface area contributed by atoms with E-state index in [0.717, 1.165) is 6.07 Å². The van der Waals surface area contributed by atoms with Crippen LogP contribution in [-0.2, 0) is 15.6 Å². The number of methoxy groups -OCH3 is 1. The van der Waals surface area contributed by atoms with Crippen molar-refractivity contribution in [2.75, 3.05) is 12.8 Å². The third-order valence-corrected chi connectivity index (χ3v) is 4.95. The average Bonchev–Trinajstić information content (AvgIpc) is 2.42. The number of nitrogen functional groups attached to an aromatic ring is 1. The van der Waals surface area contributed by atoms with Crippen molar-refractivity contribution in [1.82, 2.24) is 0 Å². The molecule has 0 atom stereocenters. The summed E-state index contributed by atoms with van der Waals surface area (Å²) < 4.78 is 43.7. The SMILES string of the molecule is COc1cc(N)ccc1S(=O)(=O)Cc1c(F)cccc1Cl. The molecule has 0 aliphatic heterocycles. The van der Waals surface area contributed by atoms with Crippen LogP contribution in [0.4, 0.5) is 10.1 Å². The summed E-state index contributed by atoms with van der Waals surface area (Å²) in [5, 5.41) is 0.0630. The van der Waals surface area contributed by atoms with E-state index in [1.807, 2.05) is 0 Å². The molecule has 0 heterocycles. The minimum absolute atomic E-state index is 0.0569. The van der Waals surface area contributed by atoms with Crippen LogP contribution in [0, 0.1) is 5.82 Å². The lowest BCUT2D eigenvalue weighted by atomic mass is 10.2. The Balaban J connectivity index is 2.49. The van der Waals surface area contributed by atoms with E-state index in [-0.39, 0.29) is 21.2 Å². The molecule has 0 amide bonds. The predicted molar refractivity (Wildman–Crippen MR) is 79.7 cm³/mol. The molecule has 0 aliphatic carbocycles. The van der Waals surface area contributed by atoms with Crippen molar-refractivity contribution in [1.29, 1.82) is 0 Å². The zero-order valence-corrected chi connectivity index (χ0v) is 12.7. The molecule has 2 aromatic rings. The van der Waals surface area contributed by atoms with Crippen molar-refractivity contribution in [2.24, 2.45) is 0 Å². The number of anilines is 1. The lowest BCUT2D eigenvalue weighted by Gasteiger charge is -2.11. The molecule has 2 N–H and O–H groups in total. The molecule has 2 aromatic carbocycles. The molecule has 2 rings (SSSR count). The number of sulfone groups is 1. The second-order valence-electron chi connectivity index (χ2n) is 4.37. The summed E-state index contributed by atoms with van der Waals surface area (Å²) in [6.07, 6.45) is 0. The number of ether oxygens (including phenoxy) is 1. The van der Waals surface area contributed by atoms with Gasteiger partial charge in [0.2, 0.25) is 0 Å². The van der Waals surface area contributed by atoms with Gasteiger partial charge < -0.3 is 10.5 Å². The fraction of sp³-hybridized carbons (Fsp3) is 0.143. The Bertz CT molecular complexity index is 758. The highest BCUT2D eigenvalue weighted by Gasteiger charge is 2.23. The smallest absolute Gasteiger partial charge is 0.186 e. The van der Waals surface area contributed by atoms with Crippen LogP contribution in [-0.4, -0.2) is 15.5 Å². The first-order chi connectivity index (χ1) is 9.85. The van der Waals surface area contributed by atoms with E-state index in [1.165, 1.54) is 37.4 Å². The molecule has 7 heteroatoms. The van der Waals surface area contributed by atoms with Gasteiger partial charge in [-0.05, 0) is 24.3 Å². The highest BCUT2D eigenvalue weighted by molar-refractivity contribution is 7.90. The Hall–Kier alpha value is -1.79. The van der Waals surface area contributed by atoms with Gasteiger partial charge in [0.15, 0.2) is 9.84 Å². The first kappa shape index (κ1) is 15.6. The highest BCUT2D eigenvalue weighted by Crippen LogP contribution is 2.31. The minimum atomic E-state index is -3.82. The van der Waals surface area contributed by atoms with Crippen LogP contribution >= 0.6 is 11.6 Å². The molecule has 0 spiro atoms. The Morgan fingerprint density at radius 1 is 1.29 bits per heavy atom. The Morgan fingerprint density at radius 3 is 2.62 bits per heavy atom. The molecule has 112 valence electrons. The molecule has 0 aromatic heterocycles. The van der Waals surface area contributed by atoms with Crippen LogP contribution in [0.5, 0.6) is 5.75 Å². The summed E-state index contributed by atoms with van der Waals surface area (Å²) in [6, 6.07) is 8.19. The molecule has 21 heavy (non-hydrogen) atoms. The second kappa shape index (κ2) is 5.91. The number of hydrogen-bond donors (Lipinski definition) is 1. The Labute approximate surface area is 127 Å². The van der Waals surface area contributed by atoms with Gasteiger partial charge in [0.1, 0.15) is 16.5 Å². The largest absolute Gasteiger partial charge is 0.495 e. The number of nitrogens with two attached hydrogens (primary N) is 1. The zero-order chi connectivity index (χ0) is 15.6. The van der Waals surface area contributed by atoms with Gasteiger partial charge in [-0.1, -0.05) is 17.7 Å². The van der Waals surface area contributed by atoms with Crippen LogP contribution in [0.15, 0.2) is 41.3 Å². The molecule has 0 saturated heterocycles. The number of benzene rings is 2. The molecule has 4 nitrogen and oxygen atoms in total. The lowest BCUT2D eigenvalue weighted by Crippen LogP contribution is -2.09. The topological polar surface area (TPSA) is 69.4 Å². The van der Waals surface area contributed by atoms with Crippen molar-refractivity contribution >= 4 is 27.1 Å². The first-order valence-electron chi connectivity index (χ1n) is 5.94. The van der Waals surface area contributed by atoms with Gasteiger partial charge in [0, 0.05) is 22.3 Å². The van der Waals surface area contributed by atoms with E-state index in [1.54, 1.807) is 0 Å². The summed E-state index contributed by atoms with van der Waals surface area (Å²) in [7, 11) is -2.49. The minimum Gasteiger partial charge on any atom is -0.495 e. The molecule has 0 fully saturated rings. The van der Waals surface area contributed by atoms with E-state index in [4.69, 9.17) is 22.1 Å². The molecular weight excluding hydrogens is 317 g/mol. The van der Waals surface area contributed by atoms with E-state index >= 15 is 0 Å². The molecule has 0 aliphatic rings. The van der Waals surface area contributed by atoms with Crippen molar-refractivity contribution in [3.8, 4) is 5.75 Å². The summed E-state index contributed by atoms with van der Waals surface area (Å²) in [6.45, 7) is 0. The number of hydrogen-bond acceptors (Lipinski definition) is 4. The molecule has 0 bridgehead atoms. The van der Waals surface area contributed by atoms with Crippen molar-refractivity contribution < 1.29 is 17.5 Å². The van der Waals surface area contributed by atoms with Crippen LogP contribution < -0.4 is 10.5 Å². The number of halogens is 2. The van der Waals surface area contributed by atoms with Gasteiger partial charge in [-0.2, -0.15) is 0 Å². The second-order valence-corrected chi connectivity index (χ2v) is 6.73. The normalized spacial score (nSPS) is 11.4. The average molecular weight is 330 g/mol. The maximum absolute atomic E-state index is 13.7. The third kappa shape index (κ3) is 3.28. The lowest BCUT2D eigenvalue weighted by molar-refractivity contribution is 0.403.